The van der Waals surface area contributed by atoms with Crippen LogP contribution in [0.2, 0.25) is 0 Å². The SMILES string of the molecule is COC(=O)CC(O)(C#N)CSCCCCCCc1ccc2ccccc2c1. The third-order valence-electron chi connectivity index (χ3n) is 4.53. The van der Waals surface area contributed by atoms with Gasteiger partial charge in [0.25, 0.3) is 0 Å². The Morgan fingerprint density at radius 3 is 2.63 bits per heavy atom. The molecule has 0 saturated carbocycles. The number of methoxy groups -OCH3 is 1. The van der Waals surface area contributed by atoms with Crippen LogP contribution >= 0.6 is 11.8 Å². The normalized spacial score (nSPS) is 13.1. The van der Waals surface area contributed by atoms with Crippen LogP contribution in [-0.4, -0.2) is 35.3 Å². The third kappa shape index (κ3) is 7.24. The molecular formula is C22H27NO3S. The van der Waals surface area contributed by atoms with Crippen LogP contribution in [0, 0.1) is 11.3 Å². The van der Waals surface area contributed by atoms with Crippen molar-refractivity contribution in [2.75, 3.05) is 18.6 Å². The lowest BCUT2D eigenvalue weighted by molar-refractivity contribution is -0.143. The van der Waals surface area contributed by atoms with Gasteiger partial charge < -0.3 is 9.84 Å². The highest BCUT2D eigenvalue weighted by Gasteiger charge is 2.30. The third-order valence-corrected chi connectivity index (χ3v) is 5.79. The lowest BCUT2D eigenvalue weighted by Gasteiger charge is -2.18. The summed E-state index contributed by atoms with van der Waals surface area (Å²) in [5.74, 6) is 0.546. The summed E-state index contributed by atoms with van der Waals surface area (Å²) < 4.78 is 4.52. The first-order valence-corrected chi connectivity index (χ1v) is 10.5. The van der Waals surface area contributed by atoms with Gasteiger partial charge in [-0.3, -0.25) is 4.79 Å². The topological polar surface area (TPSA) is 70.3 Å². The van der Waals surface area contributed by atoms with E-state index in [1.807, 2.05) is 6.07 Å². The van der Waals surface area contributed by atoms with Gasteiger partial charge in [-0.25, -0.2) is 0 Å². The van der Waals surface area contributed by atoms with Crippen molar-refractivity contribution in [2.45, 2.75) is 44.1 Å². The maximum Gasteiger partial charge on any atom is 0.309 e. The number of carbonyl (C=O) groups excluding carboxylic acids is 1. The van der Waals surface area contributed by atoms with Crippen LogP contribution < -0.4 is 0 Å². The molecule has 0 heterocycles. The van der Waals surface area contributed by atoms with Crippen molar-refractivity contribution in [2.24, 2.45) is 0 Å². The van der Waals surface area contributed by atoms with Crippen molar-refractivity contribution < 1.29 is 14.6 Å². The zero-order chi connectivity index (χ0) is 19.5. The van der Waals surface area contributed by atoms with Gasteiger partial charge in [-0.05, 0) is 41.4 Å². The number of unbranched alkanes of at least 4 members (excludes halogenated alkanes) is 3. The van der Waals surface area contributed by atoms with Gasteiger partial charge in [0, 0.05) is 5.75 Å². The summed E-state index contributed by atoms with van der Waals surface area (Å²) in [7, 11) is 1.26. The number of aryl methyl sites for hydroxylation is 1. The molecule has 1 N–H and O–H groups in total. The highest BCUT2D eigenvalue weighted by Crippen LogP contribution is 2.20. The van der Waals surface area contributed by atoms with Crippen molar-refractivity contribution >= 4 is 28.5 Å². The van der Waals surface area contributed by atoms with E-state index in [0.29, 0.717) is 0 Å². The number of carbonyl (C=O) groups is 1. The Morgan fingerprint density at radius 2 is 1.89 bits per heavy atom. The molecule has 27 heavy (non-hydrogen) atoms. The fraction of sp³-hybridized carbons (Fsp3) is 0.455. The van der Waals surface area contributed by atoms with E-state index in [4.69, 9.17) is 5.26 Å². The molecule has 0 amide bonds. The molecule has 2 aromatic rings. The van der Waals surface area contributed by atoms with Crippen LogP contribution in [0.4, 0.5) is 0 Å². The molecule has 0 aliphatic heterocycles. The van der Waals surface area contributed by atoms with E-state index in [2.05, 4.69) is 47.2 Å². The summed E-state index contributed by atoms with van der Waals surface area (Å²) >= 11 is 1.51. The Balaban J connectivity index is 1.59. The average molecular weight is 386 g/mol. The first-order valence-electron chi connectivity index (χ1n) is 9.32. The average Bonchev–Trinajstić information content (AvgIpc) is 2.69. The fourth-order valence-corrected chi connectivity index (χ4v) is 4.01. The van der Waals surface area contributed by atoms with E-state index in [-0.39, 0.29) is 12.2 Å². The Hall–Kier alpha value is -2.03. The molecule has 144 valence electrons. The van der Waals surface area contributed by atoms with Crippen molar-refractivity contribution in [3.05, 3.63) is 48.0 Å². The van der Waals surface area contributed by atoms with Crippen LogP contribution in [-0.2, 0) is 16.0 Å². The van der Waals surface area contributed by atoms with E-state index in [9.17, 15) is 9.90 Å². The van der Waals surface area contributed by atoms with E-state index < -0.39 is 11.6 Å². The first kappa shape index (κ1) is 21.3. The first-order chi connectivity index (χ1) is 13.1. The predicted octanol–water partition coefficient (Wildman–Crippen LogP) is 4.49. The van der Waals surface area contributed by atoms with Crippen LogP contribution in [0.25, 0.3) is 10.8 Å². The Kier molecular flexibility index (Phi) is 8.63. The summed E-state index contributed by atoms with van der Waals surface area (Å²) in [6, 6.07) is 16.9. The van der Waals surface area contributed by atoms with Gasteiger partial charge >= 0.3 is 5.97 Å². The Morgan fingerprint density at radius 1 is 1.15 bits per heavy atom. The number of ether oxygens (including phenoxy) is 1. The number of nitrogens with zero attached hydrogens (tertiary/aromatic N) is 1. The molecule has 5 heteroatoms. The monoisotopic (exact) mass is 385 g/mol. The van der Waals surface area contributed by atoms with Gasteiger partial charge in [0.1, 0.15) is 0 Å². The van der Waals surface area contributed by atoms with Gasteiger partial charge in [-0.1, -0.05) is 55.3 Å². The number of thioether (sulfide) groups is 1. The van der Waals surface area contributed by atoms with Crippen molar-refractivity contribution in [3.63, 3.8) is 0 Å². The molecule has 1 atom stereocenters. The molecule has 0 spiro atoms. The molecule has 0 aliphatic carbocycles. The lowest BCUT2D eigenvalue weighted by Crippen LogP contribution is -2.33. The van der Waals surface area contributed by atoms with Crippen molar-refractivity contribution in [1.82, 2.24) is 0 Å². The molecule has 0 bridgehead atoms. The van der Waals surface area contributed by atoms with Gasteiger partial charge in [0.05, 0.1) is 19.6 Å². The molecule has 0 saturated heterocycles. The maximum atomic E-state index is 11.2. The highest BCUT2D eigenvalue weighted by molar-refractivity contribution is 7.99. The number of rotatable bonds is 11. The molecule has 0 aliphatic rings. The second-order valence-corrected chi connectivity index (χ2v) is 7.90. The molecule has 1 unspecified atom stereocenters. The highest BCUT2D eigenvalue weighted by atomic mass is 32.2. The zero-order valence-corrected chi connectivity index (χ0v) is 16.6. The van der Waals surface area contributed by atoms with Crippen LogP contribution in [0.15, 0.2) is 42.5 Å². The van der Waals surface area contributed by atoms with E-state index in [0.717, 1.165) is 37.9 Å². The number of benzene rings is 2. The van der Waals surface area contributed by atoms with Crippen molar-refractivity contribution in [1.29, 1.82) is 5.26 Å². The number of nitriles is 1. The van der Waals surface area contributed by atoms with Crippen LogP contribution in [0.3, 0.4) is 0 Å². The number of aliphatic hydroxyl groups is 1. The Bertz CT molecular complexity index is 786. The molecule has 2 aromatic carbocycles. The molecule has 2 rings (SSSR count). The summed E-state index contributed by atoms with van der Waals surface area (Å²) in [6.07, 6.45) is 5.31. The molecule has 0 fully saturated rings. The van der Waals surface area contributed by atoms with E-state index >= 15 is 0 Å². The summed E-state index contributed by atoms with van der Waals surface area (Å²) in [5, 5.41) is 21.7. The second kappa shape index (κ2) is 11.0. The number of hydrogen-bond acceptors (Lipinski definition) is 5. The smallest absolute Gasteiger partial charge is 0.309 e. The van der Waals surface area contributed by atoms with Gasteiger partial charge in [-0.15, -0.1) is 0 Å². The quantitative estimate of drug-likeness (QED) is 0.350. The fourth-order valence-electron chi connectivity index (χ4n) is 2.96. The number of fused-ring (bicyclic) bond motifs is 1. The summed E-state index contributed by atoms with van der Waals surface area (Å²) in [5.41, 5.74) is -0.252. The second-order valence-electron chi connectivity index (χ2n) is 6.79. The summed E-state index contributed by atoms with van der Waals surface area (Å²) in [4.78, 5) is 11.2. The number of esters is 1. The Labute approximate surface area is 165 Å². The minimum atomic E-state index is -1.63. The van der Waals surface area contributed by atoms with Gasteiger partial charge in [-0.2, -0.15) is 17.0 Å². The summed E-state index contributed by atoms with van der Waals surface area (Å²) in [6.45, 7) is 0. The minimum absolute atomic E-state index is 0.232. The molecule has 0 radical (unpaired) electrons. The van der Waals surface area contributed by atoms with E-state index in [1.165, 1.54) is 35.2 Å². The van der Waals surface area contributed by atoms with E-state index in [1.54, 1.807) is 0 Å². The standard InChI is InChI=1S/C22H27NO3S/c1-26-21(24)15-22(25,16-23)17-27-13-7-3-2-4-8-18-11-12-19-9-5-6-10-20(19)14-18/h5-6,9-12,14,25H,2-4,7-8,13,15,17H2,1H3. The lowest BCUT2D eigenvalue weighted by atomic mass is 10.0. The molecule has 0 aromatic heterocycles. The minimum Gasteiger partial charge on any atom is -0.469 e. The maximum absolute atomic E-state index is 11.2. The molecular weight excluding hydrogens is 358 g/mol. The van der Waals surface area contributed by atoms with Gasteiger partial charge in [0.15, 0.2) is 5.60 Å². The zero-order valence-electron chi connectivity index (χ0n) is 15.8. The van der Waals surface area contributed by atoms with Crippen LogP contribution in [0.1, 0.15) is 37.7 Å². The number of hydrogen-bond donors (Lipinski definition) is 1. The largest absolute Gasteiger partial charge is 0.469 e. The van der Waals surface area contributed by atoms with Crippen LogP contribution in [0.5, 0.6) is 0 Å². The van der Waals surface area contributed by atoms with Crippen molar-refractivity contribution in [3.8, 4) is 6.07 Å². The predicted molar refractivity (Wildman–Crippen MR) is 111 cm³/mol. The molecule has 4 nitrogen and oxygen atoms in total. The van der Waals surface area contributed by atoms with Gasteiger partial charge in [0.2, 0.25) is 0 Å².